The van der Waals surface area contributed by atoms with Gasteiger partial charge in [0, 0.05) is 17.8 Å². The Morgan fingerprint density at radius 3 is 2.55 bits per heavy atom. The summed E-state index contributed by atoms with van der Waals surface area (Å²) < 4.78 is 59.5. The van der Waals surface area contributed by atoms with Gasteiger partial charge in [-0.2, -0.15) is 13.2 Å². The fraction of sp³-hybridized carbons (Fsp3) is 0.136. The van der Waals surface area contributed by atoms with Crippen LogP contribution in [-0.2, 0) is 15.8 Å². The molecule has 7 nitrogen and oxygen atoms in total. The topological polar surface area (TPSA) is 100 Å². The quantitative estimate of drug-likeness (QED) is 0.488. The second kappa shape index (κ2) is 8.41. The van der Waals surface area contributed by atoms with Gasteiger partial charge in [-0.1, -0.05) is 6.07 Å². The van der Waals surface area contributed by atoms with Gasteiger partial charge in [-0.25, -0.2) is 4.39 Å². The highest BCUT2D eigenvalue weighted by Crippen LogP contribution is 2.38. The van der Waals surface area contributed by atoms with E-state index in [9.17, 15) is 31.9 Å². The van der Waals surface area contributed by atoms with E-state index in [0.29, 0.717) is 6.07 Å². The van der Waals surface area contributed by atoms with Crippen molar-refractivity contribution in [3.8, 4) is 0 Å². The van der Waals surface area contributed by atoms with Crippen molar-refractivity contribution >= 4 is 34.8 Å². The van der Waals surface area contributed by atoms with Gasteiger partial charge in [-0.05, 0) is 48.0 Å². The molecule has 2 aromatic carbocycles. The van der Waals surface area contributed by atoms with E-state index in [1.165, 1.54) is 30.5 Å². The van der Waals surface area contributed by atoms with E-state index in [1.807, 2.05) is 0 Å². The molecule has 0 aliphatic carbocycles. The van der Waals surface area contributed by atoms with Crippen molar-refractivity contribution in [1.29, 1.82) is 0 Å². The van der Waals surface area contributed by atoms with Gasteiger partial charge in [0.15, 0.2) is 5.76 Å². The standard InChI is InChI=1S/C22H15F4N3O4/c23-11-3-5-13-14(10-19(30)28-17(13)8-11)20(31)29-16-6-4-12(9-15(16)22(24,25)26)27-21(32)18-2-1-7-33-18/h1-9,14H,10H2,(H,27,32)(H,28,30)(H,29,31). The molecule has 3 N–H and O–H groups in total. The molecule has 0 saturated carbocycles. The lowest BCUT2D eigenvalue weighted by Crippen LogP contribution is -2.31. The second-order valence-corrected chi connectivity index (χ2v) is 7.22. The van der Waals surface area contributed by atoms with Crippen LogP contribution in [0.25, 0.3) is 0 Å². The Labute approximate surface area is 183 Å². The minimum atomic E-state index is -4.86. The molecular weight excluding hydrogens is 446 g/mol. The van der Waals surface area contributed by atoms with E-state index < -0.39 is 46.9 Å². The van der Waals surface area contributed by atoms with E-state index in [4.69, 9.17) is 4.42 Å². The number of rotatable bonds is 4. The molecule has 11 heteroatoms. The first-order valence-electron chi connectivity index (χ1n) is 9.58. The highest BCUT2D eigenvalue weighted by molar-refractivity contribution is 6.06. The minimum absolute atomic E-state index is 0.0819. The van der Waals surface area contributed by atoms with Crippen molar-refractivity contribution in [2.24, 2.45) is 0 Å². The number of amides is 3. The fourth-order valence-electron chi connectivity index (χ4n) is 3.46. The highest BCUT2D eigenvalue weighted by atomic mass is 19.4. The number of anilines is 3. The van der Waals surface area contributed by atoms with Gasteiger partial charge in [0.05, 0.1) is 23.4 Å². The van der Waals surface area contributed by atoms with E-state index in [1.54, 1.807) is 0 Å². The molecule has 0 bridgehead atoms. The average Bonchev–Trinajstić information content (AvgIpc) is 3.28. The molecule has 2 heterocycles. The first-order valence-corrected chi connectivity index (χ1v) is 9.58. The summed E-state index contributed by atoms with van der Waals surface area (Å²) in [6, 6.07) is 9.07. The summed E-state index contributed by atoms with van der Waals surface area (Å²) in [5.74, 6) is -4.03. The maximum atomic E-state index is 13.7. The Morgan fingerprint density at radius 2 is 1.85 bits per heavy atom. The van der Waals surface area contributed by atoms with Crippen molar-refractivity contribution in [3.63, 3.8) is 0 Å². The molecular formula is C22H15F4N3O4. The molecule has 0 saturated heterocycles. The first kappa shape index (κ1) is 22.1. The van der Waals surface area contributed by atoms with Crippen LogP contribution >= 0.6 is 0 Å². The Kier molecular flexibility index (Phi) is 5.62. The molecule has 0 spiro atoms. The number of nitrogens with one attached hydrogen (secondary N) is 3. The third-order valence-corrected chi connectivity index (χ3v) is 4.96. The number of fused-ring (bicyclic) bond motifs is 1. The van der Waals surface area contributed by atoms with Crippen LogP contribution in [0.4, 0.5) is 34.6 Å². The summed E-state index contributed by atoms with van der Waals surface area (Å²) in [7, 11) is 0. The van der Waals surface area contributed by atoms with Gasteiger partial charge in [0.2, 0.25) is 11.8 Å². The zero-order chi connectivity index (χ0) is 23.8. The average molecular weight is 461 g/mol. The van der Waals surface area contributed by atoms with Crippen molar-refractivity contribution in [2.45, 2.75) is 18.5 Å². The first-order chi connectivity index (χ1) is 15.6. The molecule has 1 aliphatic rings. The molecule has 0 radical (unpaired) electrons. The molecule has 170 valence electrons. The number of alkyl halides is 3. The molecule has 1 unspecified atom stereocenters. The van der Waals surface area contributed by atoms with Gasteiger partial charge in [-0.3, -0.25) is 14.4 Å². The van der Waals surface area contributed by atoms with Crippen LogP contribution in [0.5, 0.6) is 0 Å². The number of carbonyl (C=O) groups excluding carboxylic acids is 3. The van der Waals surface area contributed by atoms with Gasteiger partial charge in [-0.15, -0.1) is 0 Å². The molecule has 3 aromatic rings. The molecule has 1 aliphatic heterocycles. The number of hydrogen-bond donors (Lipinski definition) is 3. The molecule has 4 rings (SSSR count). The number of furan rings is 1. The molecule has 3 amide bonds. The number of hydrogen-bond acceptors (Lipinski definition) is 4. The van der Waals surface area contributed by atoms with Gasteiger partial charge in [0.25, 0.3) is 5.91 Å². The van der Waals surface area contributed by atoms with E-state index in [-0.39, 0.29) is 29.1 Å². The largest absolute Gasteiger partial charge is 0.459 e. The fourth-order valence-corrected chi connectivity index (χ4v) is 3.46. The van der Waals surface area contributed by atoms with Crippen LogP contribution in [-0.4, -0.2) is 17.7 Å². The van der Waals surface area contributed by atoms with E-state index >= 15 is 0 Å². The third-order valence-electron chi connectivity index (χ3n) is 4.96. The summed E-state index contributed by atoms with van der Waals surface area (Å²) in [6.07, 6.45) is -3.94. The van der Waals surface area contributed by atoms with Crippen molar-refractivity contribution in [1.82, 2.24) is 0 Å². The smallest absolute Gasteiger partial charge is 0.418 e. The monoisotopic (exact) mass is 461 g/mol. The Bertz CT molecular complexity index is 1240. The van der Waals surface area contributed by atoms with Gasteiger partial charge >= 0.3 is 6.18 Å². The summed E-state index contributed by atoms with van der Waals surface area (Å²) in [4.78, 5) is 36.8. The number of carbonyl (C=O) groups is 3. The summed E-state index contributed by atoms with van der Waals surface area (Å²) in [5, 5.41) is 6.93. The summed E-state index contributed by atoms with van der Waals surface area (Å²) in [5.41, 5.74) is -1.56. The van der Waals surface area contributed by atoms with E-state index in [0.717, 1.165) is 18.2 Å². The van der Waals surface area contributed by atoms with Crippen LogP contribution in [0.3, 0.4) is 0 Å². The molecule has 1 aromatic heterocycles. The molecule has 1 atom stereocenters. The zero-order valence-corrected chi connectivity index (χ0v) is 16.6. The lowest BCUT2D eigenvalue weighted by Gasteiger charge is -2.25. The van der Waals surface area contributed by atoms with Crippen molar-refractivity contribution < 1.29 is 36.4 Å². The second-order valence-electron chi connectivity index (χ2n) is 7.22. The highest BCUT2D eigenvalue weighted by Gasteiger charge is 2.36. The third kappa shape index (κ3) is 4.71. The lowest BCUT2D eigenvalue weighted by atomic mass is 9.89. The van der Waals surface area contributed by atoms with Crippen LogP contribution in [0.15, 0.2) is 59.2 Å². The van der Waals surface area contributed by atoms with Crippen LogP contribution < -0.4 is 16.0 Å². The van der Waals surface area contributed by atoms with Crippen molar-refractivity contribution in [3.05, 3.63) is 77.5 Å². The lowest BCUT2D eigenvalue weighted by molar-refractivity contribution is -0.137. The maximum Gasteiger partial charge on any atom is 0.418 e. The predicted molar refractivity (Wildman–Crippen MR) is 109 cm³/mol. The number of halogens is 4. The number of benzene rings is 2. The van der Waals surface area contributed by atoms with E-state index in [2.05, 4.69) is 16.0 Å². The normalized spacial score (nSPS) is 15.4. The van der Waals surface area contributed by atoms with Crippen molar-refractivity contribution in [2.75, 3.05) is 16.0 Å². The van der Waals surface area contributed by atoms with Crippen LogP contribution in [0.1, 0.15) is 34.0 Å². The maximum absolute atomic E-state index is 13.7. The summed E-state index contributed by atoms with van der Waals surface area (Å²) in [6.45, 7) is 0. The Morgan fingerprint density at radius 1 is 1.06 bits per heavy atom. The SMILES string of the molecule is O=C1CC(C(=O)Nc2ccc(NC(=O)c3ccco3)cc2C(F)(F)F)c2ccc(F)cc2N1. The van der Waals surface area contributed by atoms with Gasteiger partial charge < -0.3 is 20.4 Å². The summed E-state index contributed by atoms with van der Waals surface area (Å²) >= 11 is 0. The van der Waals surface area contributed by atoms with Gasteiger partial charge in [0.1, 0.15) is 5.82 Å². The Balaban J connectivity index is 1.61. The zero-order valence-electron chi connectivity index (χ0n) is 16.6. The minimum Gasteiger partial charge on any atom is -0.459 e. The predicted octanol–water partition coefficient (Wildman–Crippen LogP) is 4.75. The molecule has 33 heavy (non-hydrogen) atoms. The Hall–Kier alpha value is -4.15. The molecule has 0 fully saturated rings. The van der Waals surface area contributed by atoms with Crippen LogP contribution in [0.2, 0.25) is 0 Å². The van der Waals surface area contributed by atoms with Crippen LogP contribution in [0, 0.1) is 5.82 Å².